The number of hydrogen-bond acceptors (Lipinski definition) is 4. The molecule has 0 fully saturated rings. The minimum Gasteiger partial charge on any atom is -0.288 e. The summed E-state index contributed by atoms with van der Waals surface area (Å²) in [6.45, 7) is 6.59. The third kappa shape index (κ3) is 2.76. The van der Waals surface area contributed by atoms with Crippen molar-refractivity contribution >= 4 is 17.4 Å². The van der Waals surface area contributed by atoms with Crippen LogP contribution in [0, 0.1) is 13.8 Å². The van der Waals surface area contributed by atoms with Gasteiger partial charge in [0.05, 0.1) is 23.8 Å². The van der Waals surface area contributed by atoms with E-state index in [4.69, 9.17) is 11.6 Å². The van der Waals surface area contributed by atoms with Gasteiger partial charge in [0.15, 0.2) is 0 Å². The Kier molecular flexibility index (Phi) is 3.63. The van der Waals surface area contributed by atoms with Gasteiger partial charge in [0.1, 0.15) is 5.69 Å². The number of fused-ring (bicyclic) bond motifs is 1. The predicted octanol–water partition coefficient (Wildman–Crippen LogP) is 2.68. The van der Waals surface area contributed by atoms with Crippen molar-refractivity contribution in [3.63, 3.8) is 0 Å². The molecule has 21 heavy (non-hydrogen) atoms. The Labute approximate surface area is 127 Å². The Bertz CT molecular complexity index is 775. The summed E-state index contributed by atoms with van der Waals surface area (Å²) in [5.74, 6) is 0.714. The Morgan fingerprint density at radius 1 is 1.24 bits per heavy atom. The van der Waals surface area contributed by atoms with Crippen LogP contribution in [0.1, 0.15) is 41.5 Å². The molecule has 0 saturated carbocycles. The van der Waals surface area contributed by atoms with Gasteiger partial charge in [-0.3, -0.25) is 4.40 Å². The van der Waals surface area contributed by atoms with Gasteiger partial charge < -0.3 is 0 Å². The van der Waals surface area contributed by atoms with Crippen molar-refractivity contribution in [3.8, 4) is 0 Å². The lowest BCUT2D eigenvalue weighted by molar-refractivity contribution is 0.640. The fourth-order valence-electron chi connectivity index (χ4n) is 2.30. The van der Waals surface area contributed by atoms with Gasteiger partial charge >= 0.3 is 0 Å². The largest absolute Gasteiger partial charge is 0.288 e. The molecule has 0 aliphatic rings. The van der Waals surface area contributed by atoms with Crippen LogP contribution in [-0.2, 0) is 6.54 Å². The zero-order valence-corrected chi connectivity index (χ0v) is 13.0. The molecule has 1 atom stereocenters. The van der Waals surface area contributed by atoms with Gasteiger partial charge in [-0.05, 0) is 26.3 Å². The van der Waals surface area contributed by atoms with Crippen molar-refractivity contribution in [2.24, 2.45) is 0 Å². The van der Waals surface area contributed by atoms with E-state index in [0.717, 1.165) is 29.2 Å². The van der Waals surface area contributed by atoms with E-state index in [0.29, 0.717) is 12.3 Å². The number of alkyl halides is 1. The molecule has 0 spiro atoms. The van der Waals surface area contributed by atoms with Gasteiger partial charge in [-0.2, -0.15) is 0 Å². The van der Waals surface area contributed by atoms with Crippen molar-refractivity contribution in [3.05, 3.63) is 41.2 Å². The van der Waals surface area contributed by atoms with Crippen LogP contribution in [-0.4, -0.2) is 29.4 Å². The summed E-state index contributed by atoms with van der Waals surface area (Å²) >= 11 is 6.16. The van der Waals surface area contributed by atoms with Crippen LogP contribution >= 0.6 is 11.6 Å². The second kappa shape index (κ2) is 5.44. The second-order valence-corrected chi connectivity index (χ2v) is 5.68. The van der Waals surface area contributed by atoms with Crippen LogP contribution in [0.2, 0.25) is 0 Å². The highest BCUT2D eigenvalue weighted by Gasteiger charge is 2.11. The maximum Gasteiger partial charge on any atom is 0.234 e. The number of imidazole rings is 1. The molecule has 0 radical (unpaired) electrons. The number of aryl methyl sites for hydroxylation is 2. The highest BCUT2D eigenvalue weighted by atomic mass is 35.5. The third-order valence-corrected chi connectivity index (χ3v) is 3.90. The second-order valence-electron chi connectivity index (χ2n) is 5.16. The summed E-state index contributed by atoms with van der Waals surface area (Å²) in [7, 11) is 0. The van der Waals surface area contributed by atoms with Gasteiger partial charge in [0.25, 0.3) is 0 Å². The topological polar surface area (TPSA) is 60.9 Å². The maximum atomic E-state index is 6.16. The van der Waals surface area contributed by atoms with Crippen LogP contribution in [0.15, 0.2) is 18.5 Å². The van der Waals surface area contributed by atoms with E-state index in [1.165, 1.54) is 0 Å². The van der Waals surface area contributed by atoms with Crippen molar-refractivity contribution in [1.29, 1.82) is 0 Å². The first-order valence-corrected chi connectivity index (χ1v) is 7.36. The van der Waals surface area contributed by atoms with Gasteiger partial charge in [-0.25, -0.2) is 14.6 Å². The molecule has 3 aromatic rings. The molecule has 110 valence electrons. The molecule has 0 amide bonds. The number of halogens is 1. The molecule has 0 N–H and O–H groups in total. The Morgan fingerprint density at radius 2 is 2.05 bits per heavy atom. The van der Waals surface area contributed by atoms with Crippen LogP contribution in [0.5, 0.6) is 0 Å². The SMILES string of the molecule is CCC(Cl)c1cn(Cc2cn3c(C)cc(C)nc3n2)nn1. The third-order valence-electron chi connectivity index (χ3n) is 3.37. The van der Waals surface area contributed by atoms with Crippen molar-refractivity contribution in [2.75, 3.05) is 0 Å². The molecule has 3 aromatic heterocycles. The normalized spacial score (nSPS) is 13.0. The van der Waals surface area contributed by atoms with Crippen LogP contribution in [0.25, 0.3) is 5.78 Å². The molecule has 0 bridgehead atoms. The maximum absolute atomic E-state index is 6.16. The molecule has 6 nitrogen and oxygen atoms in total. The number of nitrogens with zero attached hydrogens (tertiary/aromatic N) is 6. The van der Waals surface area contributed by atoms with E-state index < -0.39 is 0 Å². The monoisotopic (exact) mass is 304 g/mol. The van der Waals surface area contributed by atoms with E-state index >= 15 is 0 Å². The zero-order chi connectivity index (χ0) is 15.0. The molecular weight excluding hydrogens is 288 g/mol. The van der Waals surface area contributed by atoms with Gasteiger partial charge in [0.2, 0.25) is 5.78 Å². The van der Waals surface area contributed by atoms with Gasteiger partial charge in [-0.15, -0.1) is 16.7 Å². The standard InChI is InChI=1S/C14H17ClN6/c1-4-12(15)13-8-20(19-18-13)6-11-7-21-10(3)5-9(2)16-14(21)17-11/h5,7-8,12H,4,6H2,1-3H3. The first kappa shape index (κ1) is 14.0. The van der Waals surface area contributed by atoms with Crippen molar-refractivity contribution in [1.82, 2.24) is 29.4 Å². The Morgan fingerprint density at radius 3 is 2.81 bits per heavy atom. The predicted molar refractivity (Wildman–Crippen MR) is 80.5 cm³/mol. The van der Waals surface area contributed by atoms with E-state index in [-0.39, 0.29) is 5.38 Å². The zero-order valence-electron chi connectivity index (χ0n) is 12.3. The summed E-state index contributed by atoms with van der Waals surface area (Å²) in [4.78, 5) is 8.97. The van der Waals surface area contributed by atoms with E-state index in [1.54, 1.807) is 4.68 Å². The van der Waals surface area contributed by atoms with Crippen molar-refractivity contribution in [2.45, 2.75) is 39.1 Å². The molecule has 3 heterocycles. The molecular formula is C14H17ClN6. The lowest BCUT2D eigenvalue weighted by Crippen LogP contribution is -2.00. The summed E-state index contributed by atoms with van der Waals surface area (Å²) in [6.07, 6.45) is 4.68. The smallest absolute Gasteiger partial charge is 0.234 e. The molecule has 0 aliphatic carbocycles. The minimum atomic E-state index is -0.0913. The average molecular weight is 305 g/mol. The summed E-state index contributed by atoms with van der Waals surface area (Å²) in [6, 6.07) is 2.03. The molecule has 3 rings (SSSR count). The highest BCUT2D eigenvalue weighted by Crippen LogP contribution is 2.21. The molecule has 0 aliphatic heterocycles. The lowest BCUT2D eigenvalue weighted by Gasteiger charge is -1.99. The first-order chi connectivity index (χ1) is 10.1. The summed E-state index contributed by atoms with van der Waals surface area (Å²) < 4.78 is 3.74. The summed E-state index contributed by atoms with van der Waals surface area (Å²) in [5.41, 5.74) is 3.78. The fourth-order valence-corrected chi connectivity index (χ4v) is 2.40. The first-order valence-electron chi connectivity index (χ1n) is 6.93. The van der Waals surface area contributed by atoms with Gasteiger partial charge in [-0.1, -0.05) is 12.1 Å². The molecule has 1 unspecified atom stereocenters. The van der Waals surface area contributed by atoms with E-state index in [1.807, 2.05) is 43.6 Å². The average Bonchev–Trinajstić information content (AvgIpc) is 3.05. The Balaban J connectivity index is 1.88. The van der Waals surface area contributed by atoms with Crippen LogP contribution < -0.4 is 0 Å². The molecule has 0 aromatic carbocycles. The number of hydrogen-bond donors (Lipinski definition) is 0. The number of aromatic nitrogens is 6. The van der Waals surface area contributed by atoms with Crippen molar-refractivity contribution < 1.29 is 0 Å². The van der Waals surface area contributed by atoms with Crippen LogP contribution in [0.3, 0.4) is 0 Å². The molecule has 0 saturated heterocycles. The Hall–Kier alpha value is -1.95. The quantitative estimate of drug-likeness (QED) is 0.695. The van der Waals surface area contributed by atoms with E-state index in [9.17, 15) is 0 Å². The number of rotatable bonds is 4. The fraction of sp³-hybridized carbons (Fsp3) is 0.429. The van der Waals surface area contributed by atoms with E-state index in [2.05, 4.69) is 20.3 Å². The minimum absolute atomic E-state index is 0.0913. The lowest BCUT2D eigenvalue weighted by atomic mass is 10.3. The molecule has 7 heteroatoms. The summed E-state index contributed by atoms with van der Waals surface area (Å²) in [5, 5.41) is 8.11. The highest BCUT2D eigenvalue weighted by molar-refractivity contribution is 6.20. The van der Waals surface area contributed by atoms with Crippen LogP contribution in [0.4, 0.5) is 0 Å². The van der Waals surface area contributed by atoms with Gasteiger partial charge in [0, 0.05) is 17.6 Å².